The molecule has 22 heavy (non-hydrogen) atoms. The molecule has 6 heteroatoms. The molecule has 1 unspecified atom stereocenters. The van der Waals surface area contributed by atoms with Crippen LogP contribution < -0.4 is 0 Å². The van der Waals surface area contributed by atoms with Crippen molar-refractivity contribution in [2.75, 3.05) is 26.8 Å². The Kier molecular flexibility index (Phi) is 5.38. The van der Waals surface area contributed by atoms with Crippen LogP contribution in [0.2, 0.25) is 0 Å². The second kappa shape index (κ2) is 7.26. The summed E-state index contributed by atoms with van der Waals surface area (Å²) >= 11 is 0. The van der Waals surface area contributed by atoms with E-state index in [4.69, 9.17) is 9.47 Å². The Labute approximate surface area is 129 Å². The molecule has 1 aliphatic rings. The van der Waals surface area contributed by atoms with Crippen molar-refractivity contribution in [2.45, 2.75) is 19.4 Å². The Hall–Kier alpha value is -2.08. The molecule has 1 N–H and O–H groups in total. The topological polar surface area (TPSA) is 76.1 Å². The summed E-state index contributed by atoms with van der Waals surface area (Å²) in [6, 6.07) is 9.38. The largest absolute Gasteiger partial charge is 0.468 e. The molecule has 1 atom stereocenters. The van der Waals surface area contributed by atoms with Gasteiger partial charge < -0.3 is 19.5 Å². The van der Waals surface area contributed by atoms with Crippen molar-refractivity contribution in [1.29, 1.82) is 0 Å². The fourth-order valence-corrected chi connectivity index (χ4v) is 2.67. The van der Waals surface area contributed by atoms with E-state index in [0.29, 0.717) is 19.4 Å². The summed E-state index contributed by atoms with van der Waals surface area (Å²) in [5.74, 6) is -0.490. The van der Waals surface area contributed by atoms with Gasteiger partial charge in [-0.3, -0.25) is 4.79 Å². The van der Waals surface area contributed by atoms with Gasteiger partial charge in [-0.1, -0.05) is 30.3 Å². The van der Waals surface area contributed by atoms with Crippen LogP contribution in [0, 0.1) is 5.41 Å². The van der Waals surface area contributed by atoms with E-state index in [9.17, 15) is 14.7 Å². The van der Waals surface area contributed by atoms with E-state index in [1.165, 1.54) is 12.0 Å². The predicted molar refractivity (Wildman–Crippen MR) is 79.0 cm³/mol. The van der Waals surface area contributed by atoms with E-state index in [0.717, 1.165) is 5.56 Å². The van der Waals surface area contributed by atoms with Crippen molar-refractivity contribution in [3.63, 3.8) is 0 Å². The lowest BCUT2D eigenvalue weighted by molar-refractivity contribution is -0.159. The van der Waals surface area contributed by atoms with Crippen LogP contribution >= 0.6 is 0 Å². The van der Waals surface area contributed by atoms with Gasteiger partial charge in [0, 0.05) is 13.1 Å². The number of hydrogen-bond donors (Lipinski definition) is 1. The van der Waals surface area contributed by atoms with Gasteiger partial charge in [0.25, 0.3) is 0 Å². The number of ether oxygens (including phenoxy) is 2. The van der Waals surface area contributed by atoms with Gasteiger partial charge in [-0.25, -0.2) is 4.79 Å². The summed E-state index contributed by atoms with van der Waals surface area (Å²) in [5.41, 5.74) is -0.145. The third-order valence-electron chi connectivity index (χ3n) is 3.96. The number of rotatable bonds is 4. The summed E-state index contributed by atoms with van der Waals surface area (Å²) in [6.07, 6.45) is 0.639. The molecule has 1 aromatic carbocycles. The molecule has 1 fully saturated rings. The minimum absolute atomic E-state index is 0.115. The Morgan fingerprint density at radius 2 is 2.05 bits per heavy atom. The number of carbonyl (C=O) groups is 2. The van der Waals surface area contributed by atoms with Gasteiger partial charge in [0.2, 0.25) is 0 Å². The third kappa shape index (κ3) is 3.57. The summed E-state index contributed by atoms with van der Waals surface area (Å²) in [4.78, 5) is 25.5. The Morgan fingerprint density at radius 1 is 1.32 bits per heavy atom. The van der Waals surface area contributed by atoms with Gasteiger partial charge in [0.05, 0.1) is 13.7 Å². The molecule has 0 aromatic heterocycles. The van der Waals surface area contributed by atoms with Gasteiger partial charge >= 0.3 is 12.1 Å². The van der Waals surface area contributed by atoms with Crippen LogP contribution in [0.5, 0.6) is 0 Å². The molecule has 0 saturated carbocycles. The Balaban J connectivity index is 1.96. The van der Waals surface area contributed by atoms with E-state index in [-0.39, 0.29) is 19.8 Å². The average molecular weight is 307 g/mol. The molecule has 0 radical (unpaired) electrons. The number of benzene rings is 1. The molecule has 6 nitrogen and oxygen atoms in total. The van der Waals surface area contributed by atoms with Gasteiger partial charge in [-0.2, -0.15) is 0 Å². The Morgan fingerprint density at radius 3 is 2.68 bits per heavy atom. The molecule has 1 heterocycles. The van der Waals surface area contributed by atoms with Gasteiger partial charge in [-0.05, 0) is 18.4 Å². The minimum Gasteiger partial charge on any atom is -0.468 e. The maximum absolute atomic E-state index is 12.2. The van der Waals surface area contributed by atoms with E-state index >= 15 is 0 Å². The van der Waals surface area contributed by atoms with Crippen LogP contribution in [-0.2, 0) is 20.9 Å². The normalized spacial score (nSPS) is 21.3. The number of carbonyl (C=O) groups excluding carboxylic acids is 2. The molecule has 1 saturated heterocycles. The van der Waals surface area contributed by atoms with Crippen LogP contribution in [0.4, 0.5) is 4.79 Å². The first-order chi connectivity index (χ1) is 10.6. The molecular formula is C16H21NO5. The lowest BCUT2D eigenvalue weighted by Crippen LogP contribution is -2.52. The number of aliphatic hydroxyl groups excluding tert-OH is 1. The van der Waals surface area contributed by atoms with Crippen molar-refractivity contribution >= 4 is 12.1 Å². The first kappa shape index (κ1) is 16.3. The summed E-state index contributed by atoms with van der Waals surface area (Å²) < 4.78 is 10.0. The molecule has 0 bridgehead atoms. The van der Waals surface area contributed by atoms with Crippen LogP contribution in [0.15, 0.2) is 30.3 Å². The van der Waals surface area contributed by atoms with E-state index in [1.807, 2.05) is 30.3 Å². The standard InChI is InChI=1S/C16H21NO5/c1-21-14(19)16(12-18)8-5-9-17(11-16)15(20)22-10-13-6-3-2-4-7-13/h2-4,6-7,18H,5,8-12H2,1H3. The van der Waals surface area contributed by atoms with Crippen molar-refractivity contribution in [3.05, 3.63) is 35.9 Å². The quantitative estimate of drug-likeness (QED) is 0.855. The number of nitrogens with zero attached hydrogens (tertiary/aromatic N) is 1. The molecule has 1 aromatic rings. The van der Waals surface area contributed by atoms with E-state index in [1.54, 1.807) is 0 Å². The van der Waals surface area contributed by atoms with E-state index < -0.39 is 17.5 Å². The minimum atomic E-state index is -1.04. The number of likely N-dealkylation sites (tertiary alicyclic amines) is 1. The zero-order chi connectivity index (χ0) is 16.0. The molecule has 2 rings (SSSR count). The van der Waals surface area contributed by atoms with Crippen molar-refractivity contribution in [2.24, 2.45) is 5.41 Å². The highest BCUT2D eigenvalue weighted by atomic mass is 16.6. The van der Waals surface area contributed by atoms with Gasteiger partial charge in [0.15, 0.2) is 0 Å². The zero-order valence-corrected chi connectivity index (χ0v) is 12.7. The number of amides is 1. The van der Waals surface area contributed by atoms with Crippen LogP contribution in [0.3, 0.4) is 0 Å². The lowest BCUT2D eigenvalue weighted by atomic mass is 9.81. The lowest BCUT2D eigenvalue weighted by Gasteiger charge is -2.38. The molecular weight excluding hydrogens is 286 g/mol. The number of hydrogen-bond acceptors (Lipinski definition) is 5. The monoisotopic (exact) mass is 307 g/mol. The molecule has 1 amide bonds. The number of methoxy groups -OCH3 is 1. The fraction of sp³-hybridized carbons (Fsp3) is 0.500. The maximum atomic E-state index is 12.2. The van der Waals surface area contributed by atoms with Crippen molar-refractivity contribution < 1.29 is 24.2 Å². The fourth-order valence-electron chi connectivity index (χ4n) is 2.67. The SMILES string of the molecule is COC(=O)C1(CO)CCCN(C(=O)OCc2ccccc2)C1. The first-order valence-electron chi connectivity index (χ1n) is 7.26. The summed E-state index contributed by atoms with van der Waals surface area (Å²) in [5, 5.41) is 9.57. The molecule has 0 aliphatic carbocycles. The second-order valence-electron chi connectivity index (χ2n) is 5.50. The highest BCUT2D eigenvalue weighted by Crippen LogP contribution is 2.31. The van der Waals surface area contributed by atoms with Crippen LogP contribution in [-0.4, -0.2) is 48.9 Å². The Bertz CT molecular complexity index is 519. The van der Waals surface area contributed by atoms with Crippen LogP contribution in [0.1, 0.15) is 18.4 Å². The van der Waals surface area contributed by atoms with Crippen molar-refractivity contribution in [1.82, 2.24) is 4.90 Å². The first-order valence-corrected chi connectivity index (χ1v) is 7.26. The maximum Gasteiger partial charge on any atom is 0.410 e. The van der Waals surface area contributed by atoms with Gasteiger partial charge in [-0.15, -0.1) is 0 Å². The van der Waals surface area contributed by atoms with E-state index in [2.05, 4.69) is 0 Å². The van der Waals surface area contributed by atoms with Crippen molar-refractivity contribution in [3.8, 4) is 0 Å². The molecule has 1 aliphatic heterocycles. The third-order valence-corrected chi connectivity index (χ3v) is 3.96. The number of esters is 1. The van der Waals surface area contributed by atoms with Gasteiger partial charge in [0.1, 0.15) is 12.0 Å². The highest BCUT2D eigenvalue weighted by molar-refractivity contribution is 5.78. The molecule has 0 spiro atoms. The van der Waals surface area contributed by atoms with Crippen LogP contribution in [0.25, 0.3) is 0 Å². The second-order valence-corrected chi connectivity index (χ2v) is 5.50. The summed E-state index contributed by atoms with van der Waals surface area (Å²) in [6.45, 7) is 0.457. The summed E-state index contributed by atoms with van der Waals surface area (Å²) in [7, 11) is 1.28. The number of piperidine rings is 1. The smallest absolute Gasteiger partial charge is 0.410 e. The highest BCUT2D eigenvalue weighted by Gasteiger charge is 2.44. The average Bonchev–Trinajstić information content (AvgIpc) is 2.59. The molecule has 120 valence electrons. The predicted octanol–water partition coefficient (Wildman–Crippen LogP) is 1.57. The zero-order valence-electron chi connectivity index (χ0n) is 12.7. The number of aliphatic hydroxyl groups is 1.